The van der Waals surface area contributed by atoms with E-state index in [2.05, 4.69) is 38.0 Å². The maximum Gasteiger partial charge on any atom is 0.203 e. The van der Waals surface area contributed by atoms with Crippen molar-refractivity contribution in [2.75, 3.05) is 37.6 Å². The predicted octanol–water partition coefficient (Wildman–Crippen LogP) is 2.29. The number of aromatic amines is 1. The van der Waals surface area contributed by atoms with Crippen molar-refractivity contribution >= 4 is 17.0 Å². The number of aromatic nitrogens is 2. The first-order valence-corrected chi connectivity index (χ1v) is 8.92. The van der Waals surface area contributed by atoms with Gasteiger partial charge in [-0.15, -0.1) is 0 Å². The van der Waals surface area contributed by atoms with Gasteiger partial charge in [0.1, 0.15) is 0 Å². The van der Waals surface area contributed by atoms with E-state index in [1.54, 1.807) is 0 Å². The molecular formula is C20H24N4O. The Kier molecular flexibility index (Phi) is 4.68. The molecular weight excluding hydrogens is 312 g/mol. The number of H-pyrrole nitrogens is 1. The molecule has 0 saturated carbocycles. The predicted molar refractivity (Wildman–Crippen MR) is 101 cm³/mol. The quantitative estimate of drug-likeness (QED) is 0.751. The fourth-order valence-corrected chi connectivity index (χ4v) is 3.48. The highest BCUT2D eigenvalue weighted by Gasteiger charge is 2.21. The zero-order valence-electron chi connectivity index (χ0n) is 14.3. The number of hydrogen-bond donors (Lipinski definition) is 2. The van der Waals surface area contributed by atoms with Crippen LogP contribution in [0, 0.1) is 0 Å². The molecule has 1 unspecified atom stereocenters. The molecule has 1 atom stereocenters. The fourth-order valence-electron chi connectivity index (χ4n) is 3.48. The van der Waals surface area contributed by atoms with Gasteiger partial charge in [-0.1, -0.05) is 42.5 Å². The number of nitrogens with one attached hydrogen (secondary N) is 1. The van der Waals surface area contributed by atoms with Gasteiger partial charge in [-0.3, -0.25) is 4.90 Å². The van der Waals surface area contributed by atoms with E-state index in [-0.39, 0.29) is 6.10 Å². The molecule has 1 saturated heterocycles. The van der Waals surface area contributed by atoms with Crippen molar-refractivity contribution in [3.63, 3.8) is 0 Å². The third kappa shape index (κ3) is 3.83. The van der Waals surface area contributed by atoms with Crippen LogP contribution >= 0.6 is 0 Å². The molecule has 2 N–H and O–H groups in total. The number of anilines is 1. The number of para-hydroxylation sites is 2. The maximum atomic E-state index is 10.4. The molecule has 5 heteroatoms. The third-order valence-corrected chi connectivity index (χ3v) is 4.83. The molecule has 0 amide bonds. The van der Waals surface area contributed by atoms with Crippen LogP contribution in [0.5, 0.6) is 0 Å². The molecule has 5 nitrogen and oxygen atoms in total. The van der Waals surface area contributed by atoms with Crippen molar-refractivity contribution in [2.45, 2.75) is 12.5 Å². The van der Waals surface area contributed by atoms with E-state index in [1.807, 2.05) is 36.4 Å². The Morgan fingerprint density at radius 2 is 1.68 bits per heavy atom. The maximum absolute atomic E-state index is 10.4. The molecule has 0 spiro atoms. The number of aliphatic hydroxyl groups excluding tert-OH is 1. The van der Waals surface area contributed by atoms with E-state index in [1.165, 1.54) is 5.56 Å². The average Bonchev–Trinajstić information content (AvgIpc) is 3.07. The summed E-state index contributed by atoms with van der Waals surface area (Å²) in [6.45, 7) is 4.48. The Labute approximate surface area is 147 Å². The van der Waals surface area contributed by atoms with Crippen LogP contribution < -0.4 is 4.90 Å². The van der Waals surface area contributed by atoms with Crippen LogP contribution in [0.25, 0.3) is 11.0 Å². The summed E-state index contributed by atoms with van der Waals surface area (Å²) < 4.78 is 0. The van der Waals surface area contributed by atoms with E-state index in [4.69, 9.17) is 0 Å². The van der Waals surface area contributed by atoms with Crippen LogP contribution in [0.4, 0.5) is 5.95 Å². The van der Waals surface area contributed by atoms with Crippen molar-refractivity contribution in [1.82, 2.24) is 14.9 Å². The van der Waals surface area contributed by atoms with Crippen molar-refractivity contribution in [3.05, 3.63) is 60.2 Å². The first kappa shape index (κ1) is 16.1. The molecule has 130 valence electrons. The zero-order valence-corrected chi connectivity index (χ0v) is 14.3. The first-order chi connectivity index (χ1) is 12.3. The van der Waals surface area contributed by atoms with Crippen LogP contribution in [0.2, 0.25) is 0 Å². The van der Waals surface area contributed by atoms with Crippen LogP contribution in [0.15, 0.2) is 54.6 Å². The van der Waals surface area contributed by atoms with Gasteiger partial charge in [-0.25, -0.2) is 4.98 Å². The Bertz CT molecular complexity index is 776. The largest absolute Gasteiger partial charge is 0.391 e. The lowest BCUT2D eigenvalue weighted by Gasteiger charge is -2.35. The minimum atomic E-state index is -0.319. The number of aliphatic hydroxyl groups is 1. The molecule has 3 aromatic rings. The van der Waals surface area contributed by atoms with Gasteiger partial charge < -0.3 is 15.0 Å². The number of nitrogens with zero attached hydrogens (tertiary/aromatic N) is 3. The van der Waals surface area contributed by atoms with Gasteiger partial charge in [-0.2, -0.15) is 0 Å². The number of benzene rings is 2. The summed E-state index contributed by atoms with van der Waals surface area (Å²) in [5, 5.41) is 10.4. The highest BCUT2D eigenvalue weighted by atomic mass is 16.3. The van der Waals surface area contributed by atoms with Gasteiger partial charge in [0.25, 0.3) is 0 Å². The van der Waals surface area contributed by atoms with Crippen molar-refractivity contribution in [2.24, 2.45) is 0 Å². The van der Waals surface area contributed by atoms with E-state index in [0.717, 1.165) is 49.7 Å². The van der Waals surface area contributed by atoms with Crippen LogP contribution in [0.3, 0.4) is 0 Å². The van der Waals surface area contributed by atoms with Gasteiger partial charge in [0.2, 0.25) is 5.95 Å². The second kappa shape index (κ2) is 7.25. The van der Waals surface area contributed by atoms with Crippen LogP contribution in [-0.2, 0) is 6.42 Å². The summed E-state index contributed by atoms with van der Waals surface area (Å²) in [7, 11) is 0. The molecule has 1 aromatic heterocycles. The Morgan fingerprint density at radius 1 is 0.960 bits per heavy atom. The lowest BCUT2D eigenvalue weighted by Crippen LogP contribution is -2.49. The lowest BCUT2D eigenvalue weighted by molar-refractivity contribution is 0.109. The summed E-state index contributed by atoms with van der Waals surface area (Å²) in [5.41, 5.74) is 3.28. The van der Waals surface area contributed by atoms with Crippen LogP contribution in [-0.4, -0.2) is 58.8 Å². The number of piperazine rings is 1. The second-order valence-corrected chi connectivity index (χ2v) is 6.71. The molecule has 1 aliphatic rings. The van der Waals surface area contributed by atoms with Gasteiger partial charge in [0.15, 0.2) is 0 Å². The van der Waals surface area contributed by atoms with Crippen molar-refractivity contribution < 1.29 is 5.11 Å². The molecule has 0 bridgehead atoms. The number of hydrogen-bond acceptors (Lipinski definition) is 4. The van der Waals surface area contributed by atoms with Gasteiger partial charge >= 0.3 is 0 Å². The minimum Gasteiger partial charge on any atom is -0.391 e. The highest BCUT2D eigenvalue weighted by molar-refractivity contribution is 5.77. The highest BCUT2D eigenvalue weighted by Crippen LogP contribution is 2.18. The molecule has 1 fully saturated rings. The number of rotatable bonds is 5. The van der Waals surface area contributed by atoms with E-state index >= 15 is 0 Å². The summed E-state index contributed by atoms with van der Waals surface area (Å²) >= 11 is 0. The topological polar surface area (TPSA) is 55.4 Å². The van der Waals surface area contributed by atoms with Gasteiger partial charge in [0.05, 0.1) is 17.1 Å². The number of fused-ring (bicyclic) bond motifs is 1. The average molecular weight is 336 g/mol. The number of β-amino-alcohol motifs (C(OH)–C–C–N with tert-alkyl or cyclic N) is 1. The van der Waals surface area contributed by atoms with Gasteiger partial charge in [0, 0.05) is 32.7 Å². The van der Waals surface area contributed by atoms with E-state index in [0.29, 0.717) is 6.42 Å². The second-order valence-electron chi connectivity index (χ2n) is 6.71. The monoisotopic (exact) mass is 336 g/mol. The lowest BCUT2D eigenvalue weighted by atomic mass is 10.1. The van der Waals surface area contributed by atoms with E-state index in [9.17, 15) is 5.11 Å². The summed E-state index contributed by atoms with van der Waals surface area (Å²) in [6, 6.07) is 18.3. The van der Waals surface area contributed by atoms with Gasteiger partial charge in [-0.05, 0) is 24.1 Å². The molecule has 1 aliphatic heterocycles. The fraction of sp³-hybridized carbons (Fsp3) is 0.350. The first-order valence-electron chi connectivity index (χ1n) is 8.92. The Morgan fingerprint density at radius 3 is 2.44 bits per heavy atom. The molecule has 4 rings (SSSR count). The SMILES string of the molecule is OC(Cc1ccccc1)CN1CCN(c2nc3ccccc3[nH]2)CC1. The summed E-state index contributed by atoms with van der Waals surface area (Å²) in [5.74, 6) is 0.950. The van der Waals surface area contributed by atoms with Crippen molar-refractivity contribution in [1.29, 1.82) is 0 Å². The smallest absolute Gasteiger partial charge is 0.203 e. The molecule has 0 aliphatic carbocycles. The summed E-state index contributed by atoms with van der Waals surface area (Å²) in [6.07, 6.45) is 0.394. The molecule has 25 heavy (non-hydrogen) atoms. The Balaban J connectivity index is 1.30. The zero-order chi connectivity index (χ0) is 17.1. The molecule has 2 aromatic carbocycles. The molecule has 0 radical (unpaired) electrons. The minimum absolute atomic E-state index is 0.319. The third-order valence-electron chi connectivity index (χ3n) is 4.83. The standard InChI is InChI=1S/C20H24N4O/c25-17(14-16-6-2-1-3-7-16)15-23-10-12-24(13-11-23)20-21-18-8-4-5-9-19(18)22-20/h1-9,17,25H,10-15H2,(H,21,22). The number of imidazole rings is 1. The summed E-state index contributed by atoms with van der Waals surface area (Å²) in [4.78, 5) is 12.7. The molecule has 2 heterocycles. The van der Waals surface area contributed by atoms with Crippen LogP contribution in [0.1, 0.15) is 5.56 Å². The van der Waals surface area contributed by atoms with Crippen molar-refractivity contribution in [3.8, 4) is 0 Å². The Hall–Kier alpha value is -2.37. The normalized spacial score (nSPS) is 17.1. The van der Waals surface area contributed by atoms with E-state index < -0.39 is 0 Å².